The Bertz CT molecular complexity index is 371. The summed E-state index contributed by atoms with van der Waals surface area (Å²) in [6.07, 6.45) is 0. The largest absolute Gasteiger partial charge is 0.326 e. The van der Waals surface area contributed by atoms with Gasteiger partial charge in [0.2, 0.25) is 5.91 Å². The molecule has 0 fully saturated rings. The SMILES string of the molecule is CC(=O)Nc1ccccc1.c1ccccc1. The molecule has 0 aliphatic rings. The third kappa shape index (κ3) is 5.60. The predicted molar refractivity (Wildman–Crippen MR) is 67.2 cm³/mol. The third-order valence-corrected chi connectivity index (χ3v) is 1.76. The van der Waals surface area contributed by atoms with E-state index in [1.54, 1.807) is 0 Å². The molecular formula is C14H15NO. The van der Waals surface area contributed by atoms with Gasteiger partial charge in [-0.25, -0.2) is 0 Å². The quantitative estimate of drug-likeness (QED) is 0.773. The van der Waals surface area contributed by atoms with Crippen LogP contribution in [0.15, 0.2) is 66.7 Å². The van der Waals surface area contributed by atoms with Crippen molar-refractivity contribution in [2.45, 2.75) is 6.92 Å². The average molecular weight is 213 g/mol. The van der Waals surface area contributed by atoms with Gasteiger partial charge in [0.05, 0.1) is 0 Å². The molecule has 0 unspecified atom stereocenters. The molecule has 0 bridgehead atoms. The van der Waals surface area contributed by atoms with Crippen molar-refractivity contribution in [3.8, 4) is 0 Å². The van der Waals surface area contributed by atoms with Gasteiger partial charge in [-0.05, 0) is 12.1 Å². The fourth-order valence-corrected chi connectivity index (χ4v) is 1.11. The van der Waals surface area contributed by atoms with Gasteiger partial charge in [0.25, 0.3) is 0 Å². The van der Waals surface area contributed by atoms with Crippen molar-refractivity contribution in [3.05, 3.63) is 66.7 Å². The van der Waals surface area contributed by atoms with Gasteiger partial charge in [0, 0.05) is 12.6 Å². The van der Waals surface area contributed by atoms with Gasteiger partial charge in [0.1, 0.15) is 0 Å². The van der Waals surface area contributed by atoms with Crippen LogP contribution in [0.2, 0.25) is 0 Å². The van der Waals surface area contributed by atoms with Crippen LogP contribution in [-0.2, 0) is 4.79 Å². The standard InChI is InChI=1S/C8H9NO.C6H6/c1-7(10)9-8-5-3-2-4-6-8;1-2-4-6-5-3-1/h2-6H,1H3,(H,9,10);1-6H. The molecule has 0 aliphatic carbocycles. The molecule has 2 rings (SSSR count). The highest BCUT2D eigenvalue weighted by molar-refractivity contribution is 5.88. The van der Waals surface area contributed by atoms with E-state index in [1.807, 2.05) is 66.7 Å². The topological polar surface area (TPSA) is 29.1 Å². The van der Waals surface area contributed by atoms with Crippen LogP contribution in [0.3, 0.4) is 0 Å². The molecule has 0 heterocycles. The monoisotopic (exact) mass is 213 g/mol. The highest BCUT2D eigenvalue weighted by atomic mass is 16.1. The summed E-state index contributed by atoms with van der Waals surface area (Å²) in [4.78, 5) is 10.5. The number of carbonyl (C=O) groups is 1. The van der Waals surface area contributed by atoms with Crippen molar-refractivity contribution >= 4 is 11.6 Å². The molecule has 0 radical (unpaired) electrons. The Morgan fingerprint density at radius 1 is 0.812 bits per heavy atom. The van der Waals surface area contributed by atoms with Crippen LogP contribution < -0.4 is 5.32 Å². The van der Waals surface area contributed by atoms with Crippen molar-refractivity contribution in [1.82, 2.24) is 0 Å². The van der Waals surface area contributed by atoms with E-state index in [0.29, 0.717) is 0 Å². The van der Waals surface area contributed by atoms with Gasteiger partial charge in [0.15, 0.2) is 0 Å². The molecule has 0 saturated carbocycles. The Labute approximate surface area is 95.9 Å². The maximum Gasteiger partial charge on any atom is 0.221 e. The predicted octanol–water partition coefficient (Wildman–Crippen LogP) is 3.33. The lowest BCUT2D eigenvalue weighted by atomic mass is 10.3. The number of rotatable bonds is 1. The number of hydrogen-bond donors (Lipinski definition) is 1. The molecule has 2 aromatic carbocycles. The molecule has 0 aliphatic heterocycles. The second-order valence-electron chi connectivity index (χ2n) is 3.20. The molecule has 0 atom stereocenters. The Kier molecular flexibility index (Phi) is 5.42. The highest BCUT2D eigenvalue weighted by Crippen LogP contribution is 2.03. The lowest BCUT2D eigenvalue weighted by Crippen LogP contribution is -2.04. The summed E-state index contributed by atoms with van der Waals surface area (Å²) in [5, 5.41) is 2.67. The minimum Gasteiger partial charge on any atom is -0.326 e. The number of amides is 1. The van der Waals surface area contributed by atoms with Crippen LogP contribution in [-0.4, -0.2) is 5.91 Å². The number of nitrogens with one attached hydrogen (secondary N) is 1. The molecule has 0 aromatic heterocycles. The van der Waals surface area contributed by atoms with E-state index in [2.05, 4.69) is 5.32 Å². The second kappa shape index (κ2) is 7.23. The molecule has 1 N–H and O–H groups in total. The lowest BCUT2D eigenvalue weighted by molar-refractivity contribution is -0.114. The summed E-state index contributed by atoms with van der Waals surface area (Å²) < 4.78 is 0. The van der Waals surface area contributed by atoms with Gasteiger partial charge in [-0.15, -0.1) is 0 Å². The zero-order valence-corrected chi connectivity index (χ0v) is 9.26. The van der Waals surface area contributed by atoms with Crippen molar-refractivity contribution in [2.24, 2.45) is 0 Å². The van der Waals surface area contributed by atoms with Crippen LogP contribution in [0.1, 0.15) is 6.92 Å². The van der Waals surface area contributed by atoms with E-state index < -0.39 is 0 Å². The van der Waals surface area contributed by atoms with Crippen LogP contribution in [0.5, 0.6) is 0 Å². The zero-order valence-electron chi connectivity index (χ0n) is 9.26. The van der Waals surface area contributed by atoms with E-state index in [1.165, 1.54) is 6.92 Å². The molecule has 82 valence electrons. The first-order valence-electron chi connectivity index (χ1n) is 5.11. The van der Waals surface area contributed by atoms with Crippen molar-refractivity contribution in [2.75, 3.05) is 5.32 Å². The number of carbonyl (C=O) groups excluding carboxylic acids is 1. The Balaban J connectivity index is 0.000000181. The summed E-state index contributed by atoms with van der Waals surface area (Å²) in [5.74, 6) is -0.0359. The summed E-state index contributed by atoms with van der Waals surface area (Å²) in [6, 6.07) is 21.4. The normalized spacial score (nSPS) is 8.56. The van der Waals surface area contributed by atoms with Gasteiger partial charge in [-0.2, -0.15) is 0 Å². The second-order valence-corrected chi connectivity index (χ2v) is 3.20. The third-order valence-electron chi connectivity index (χ3n) is 1.76. The van der Waals surface area contributed by atoms with Crippen LogP contribution in [0, 0.1) is 0 Å². The molecule has 2 heteroatoms. The highest BCUT2D eigenvalue weighted by Gasteiger charge is 1.90. The molecule has 2 aromatic rings. The Morgan fingerprint density at radius 3 is 1.56 bits per heavy atom. The van der Waals surface area contributed by atoms with Gasteiger partial charge < -0.3 is 5.32 Å². The fraction of sp³-hybridized carbons (Fsp3) is 0.0714. The minimum absolute atomic E-state index is 0.0359. The maximum atomic E-state index is 10.5. The van der Waals surface area contributed by atoms with E-state index in [4.69, 9.17) is 0 Å². The first kappa shape index (κ1) is 12.0. The number of hydrogen-bond acceptors (Lipinski definition) is 1. The van der Waals surface area contributed by atoms with Gasteiger partial charge in [-0.1, -0.05) is 54.6 Å². The van der Waals surface area contributed by atoms with Crippen LogP contribution >= 0.6 is 0 Å². The molecule has 2 nitrogen and oxygen atoms in total. The van der Waals surface area contributed by atoms with Gasteiger partial charge >= 0.3 is 0 Å². The van der Waals surface area contributed by atoms with Gasteiger partial charge in [-0.3, -0.25) is 4.79 Å². The van der Waals surface area contributed by atoms with Crippen molar-refractivity contribution < 1.29 is 4.79 Å². The smallest absolute Gasteiger partial charge is 0.221 e. The summed E-state index contributed by atoms with van der Waals surface area (Å²) >= 11 is 0. The minimum atomic E-state index is -0.0359. The number of benzene rings is 2. The Hall–Kier alpha value is -2.09. The molecule has 0 spiro atoms. The summed E-state index contributed by atoms with van der Waals surface area (Å²) in [6.45, 7) is 1.49. The maximum absolute atomic E-state index is 10.5. The summed E-state index contributed by atoms with van der Waals surface area (Å²) in [5.41, 5.74) is 0.843. The molecule has 0 saturated heterocycles. The first-order chi connectivity index (χ1) is 7.79. The van der Waals surface area contributed by atoms with E-state index >= 15 is 0 Å². The summed E-state index contributed by atoms with van der Waals surface area (Å²) in [7, 11) is 0. The van der Waals surface area contributed by atoms with E-state index in [9.17, 15) is 4.79 Å². The van der Waals surface area contributed by atoms with Crippen molar-refractivity contribution in [3.63, 3.8) is 0 Å². The van der Waals surface area contributed by atoms with Crippen LogP contribution in [0.4, 0.5) is 5.69 Å². The number of para-hydroxylation sites is 1. The van der Waals surface area contributed by atoms with Crippen molar-refractivity contribution in [1.29, 1.82) is 0 Å². The van der Waals surface area contributed by atoms with E-state index in [0.717, 1.165) is 5.69 Å². The number of anilines is 1. The molecule has 16 heavy (non-hydrogen) atoms. The Morgan fingerprint density at radius 2 is 1.19 bits per heavy atom. The fourth-order valence-electron chi connectivity index (χ4n) is 1.11. The average Bonchev–Trinajstić information content (AvgIpc) is 2.32. The van der Waals surface area contributed by atoms with E-state index in [-0.39, 0.29) is 5.91 Å². The zero-order chi connectivity index (χ0) is 11.6. The van der Waals surface area contributed by atoms with Crippen LogP contribution in [0.25, 0.3) is 0 Å². The lowest BCUT2D eigenvalue weighted by Gasteiger charge is -1.98. The molecule has 1 amide bonds. The first-order valence-corrected chi connectivity index (χ1v) is 5.11. The molecular weight excluding hydrogens is 198 g/mol.